The number of anilines is 1. The minimum absolute atomic E-state index is 0.245. The molecule has 7 nitrogen and oxygen atoms in total. The minimum Gasteiger partial charge on any atom is -0.380 e. The van der Waals surface area contributed by atoms with Gasteiger partial charge in [0.1, 0.15) is 11.4 Å². The quantitative estimate of drug-likeness (QED) is 0.789. The number of benzene rings is 2. The van der Waals surface area contributed by atoms with Gasteiger partial charge in [-0.1, -0.05) is 18.2 Å². The number of rotatable bonds is 3. The molecule has 0 aromatic heterocycles. The van der Waals surface area contributed by atoms with Gasteiger partial charge in [-0.15, -0.1) is 0 Å². The molecule has 3 aliphatic rings. The summed E-state index contributed by atoms with van der Waals surface area (Å²) in [7, 11) is 1.95. The van der Waals surface area contributed by atoms with Crippen molar-refractivity contribution in [3.8, 4) is 11.1 Å². The third-order valence-corrected chi connectivity index (χ3v) is 6.33. The van der Waals surface area contributed by atoms with E-state index in [2.05, 4.69) is 5.43 Å². The second-order valence-electron chi connectivity index (χ2n) is 8.65. The predicted octanol–water partition coefficient (Wildman–Crippen LogP) is 2.07. The number of aliphatic hydroxyl groups is 1. The van der Waals surface area contributed by atoms with Crippen molar-refractivity contribution in [1.29, 1.82) is 0 Å². The Morgan fingerprint density at radius 1 is 1.03 bits per heavy atom. The molecule has 1 saturated carbocycles. The number of carbonyl (C=O) groups is 2. The summed E-state index contributed by atoms with van der Waals surface area (Å²) in [5.41, 5.74) is 5.66. The molecule has 162 valence electrons. The molecule has 2 aliphatic heterocycles. The lowest BCUT2D eigenvalue weighted by Crippen LogP contribution is -2.53. The SMILES string of the molecule is CN1Cc2ccc(-c3ccc(C(=O)N4CCN(C(=O)C5(O)CC5)CC4)cc3F)cc2N1. The van der Waals surface area contributed by atoms with E-state index in [4.69, 9.17) is 0 Å². The van der Waals surface area contributed by atoms with Gasteiger partial charge in [-0.3, -0.25) is 9.59 Å². The summed E-state index contributed by atoms with van der Waals surface area (Å²) in [4.78, 5) is 28.4. The summed E-state index contributed by atoms with van der Waals surface area (Å²) in [6.07, 6.45) is 1.02. The molecule has 1 saturated heterocycles. The van der Waals surface area contributed by atoms with Gasteiger partial charge in [-0.2, -0.15) is 0 Å². The average Bonchev–Trinajstić information content (AvgIpc) is 3.41. The van der Waals surface area contributed by atoms with Crippen molar-refractivity contribution in [2.45, 2.75) is 25.0 Å². The largest absolute Gasteiger partial charge is 0.380 e. The fourth-order valence-corrected chi connectivity index (χ4v) is 4.29. The summed E-state index contributed by atoms with van der Waals surface area (Å²) in [5.74, 6) is -0.938. The second-order valence-corrected chi connectivity index (χ2v) is 8.65. The van der Waals surface area contributed by atoms with Crippen molar-refractivity contribution in [1.82, 2.24) is 14.8 Å². The van der Waals surface area contributed by atoms with Gasteiger partial charge in [0.2, 0.25) is 0 Å². The van der Waals surface area contributed by atoms with E-state index in [-0.39, 0.29) is 11.8 Å². The number of fused-ring (bicyclic) bond motifs is 1. The molecule has 0 spiro atoms. The van der Waals surface area contributed by atoms with Crippen LogP contribution in [0.4, 0.5) is 10.1 Å². The van der Waals surface area contributed by atoms with Crippen molar-refractivity contribution < 1.29 is 19.1 Å². The Balaban J connectivity index is 1.28. The number of nitrogens with one attached hydrogen (secondary N) is 1. The summed E-state index contributed by atoms with van der Waals surface area (Å²) in [6.45, 7) is 2.29. The number of amides is 2. The molecule has 2 N–H and O–H groups in total. The third-order valence-electron chi connectivity index (χ3n) is 6.33. The Morgan fingerprint density at radius 3 is 2.42 bits per heavy atom. The lowest BCUT2D eigenvalue weighted by atomic mass is 10.0. The van der Waals surface area contributed by atoms with Gasteiger partial charge in [-0.05, 0) is 42.2 Å². The van der Waals surface area contributed by atoms with Crippen LogP contribution in [0.25, 0.3) is 11.1 Å². The van der Waals surface area contributed by atoms with Crippen LogP contribution in [-0.2, 0) is 11.3 Å². The maximum Gasteiger partial charge on any atom is 0.254 e. The molecular weight excluding hydrogens is 399 g/mol. The monoisotopic (exact) mass is 424 g/mol. The molecular formula is C23H25FN4O3. The van der Waals surface area contributed by atoms with E-state index >= 15 is 0 Å². The molecule has 1 aliphatic carbocycles. The Bertz CT molecular complexity index is 1060. The predicted molar refractivity (Wildman–Crippen MR) is 114 cm³/mol. The van der Waals surface area contributed by atoms with Crippen molar-refractivity contribution >= 4 is 17.5 Å². The van der Waals surface area contributed by atoms with Crippen LogP contribution in [0.15, 0.2) is 36.4 Å². The number of carbonyl (C=O) groups excluding carboxylic acids is 2. The molecule has 2 fully saturated rings. The molecule has 31 heavy (non-hydrogen) atoms. The van der Waals surface area contributed by atoms with Crippen LogP contribution < -0.4 is 5.43 Å². The lowest BCUT2D eigenvalue weighted by molar-refractivity contribution is -0.143. The van der Waals surface area contributed by atoms with Crippen molar-refractivity contribution in [3.63, 3.8) is 0 Å². The fourth-order valence-electron chi connectivity index (χ4n) is 4.29. The van der Waals surface area contributed by atoms with E-state index in [0.717, 1.165) is 23.4 Å². The van der Waals surface area contributed by atoms with Crippen LogP contribution in [0, 0.1) is 5.82 Å². The molecule has 0 radical (unpaired) electrons. The number of nitrogens with zero attached hydrogens (tertiary/aromatic N) is 3. The number of halogens is 1. The van der Waals surface area contributed by atoms with Gasteiger partial charge in [0.15, 0.2) is 0 Å². The zero-order valence-corrected chi connectivity index (χ0v) is 17.4. The molecule has 0 bridgehead atoms. The van der Waals surface area contributed by atoms with Gasteiger partial charge in [0.25, 0.3) is 11.8 Å². The molecule has 0 unspecified atom stereocenters. The van der Waals surface area contributed by atoms with E-state index in [1.54, 1.807) is 21.9 Å². The highest BCUT2D eigenvalue weighted by atomic mass is 19.1. The molecule has 2 amide bonds. The molecule has 8 heteroatoms. The maximum absolute atomic E-state index is 14.9. The first-order chi connectivity index (χ1) is 14.8. The molecule has 5 rings (SSSR count). The van der Waals surface area contributed by atoms with Gasteiger partial charge >= 0.3 is 0 Å². The van der Waals surface area contributed by atoms with Gasteiger partial charge < -0.3 is 20.3 Å². The highest BCUT2D eigenvalue weighted by molar-refractivity contribution is 5.95. The summed E-state index contributed by atoms with van der Waals surface area (Å²) in [5, 5.41) is 12.0. The Morgan fingerprint density at radius 2 is 1.74 bits per heavy atom. The first-order valence-electron chi connectivity index (χ1n) is 10.6. The highest BCUT2D eigenvalue weighted by Gasteiger charge is 2.50. The third kappa shape index (κ3) is 3.66. The first kappa shape index (κ1) is 20.0. The second kappa shape index (κ2) is 7.32. The maximum atomic E-state index is 14.9. The van der Waals surface area contributed by atoms with E-state index in [0.29, 0.717) is 50.1 Å². The minimum atomic E-state index is -1.19. The van der Waals surface area contributed by atoms with Crippen molar-refractivity contribution in [3.05, 3.63) is 53.3 Å². The number of hydrogen-bond acceptors (Lipinski definition) is 5. The lowest BCUT2D eigenvalue weighted by Gasteiger charge is -2.35. The normalized spacial score (nSPS) is 19.7. The molecule has 0 atom stereocenters. The summed E-state index contributed by atoms with van der Waals surface area (Å²) in [6, 6.07) is 10.4. The fraction of sp³-hybridized carbons (Fsp3) is 0.391. The number of hydrazine groups is 1. The van der Waals surface area contributed by atoms with Crippen LogP contribution in [-0.4, -0.2) is 70.6 Å². The van der Waals surface area contributed by atoms with E-state index in [9.17, 15) is 19.1 Å². The summed E-state index contributed by atoms with van der Waals surface area (Å²) < 4.78 is 14.9. The van der Waals surface area contributed by atoms with Crippen LogP contribution in [0.1, 0.15) is 28.8 Å². The Kier molecular flexibility index (Phi) is 4.71. The summed E-state index contributed by atoms with van der Waals surface area (Å²) >= 11 is 0. The van der Waals surface area contributed by atoms with Gasteiger partial charge in [0, 0.05) is 50.9 Å². The van der Waals surface area contributed by atoms with Gasteiger partial charge in [-0.25, -0.2) is 9.40 Å². The van der Waals surface area contributed by atoms with Crippen molar-refractivity contribution in [2.75, 3.05) is 38.7 Å². The van der Waals surface area contributed by atoms with Crippen molar-refractivity contribution in [2.24, 2.45) is 0 Å². The van der Waals surface area contributed by atoms with E-state index < -0.39 is 11.4 Å². The first-order valence-corrected chi connectivity index (χ1v) is 10.6. The zero-order valence-electron chi connectivity index (χ0n) is 17.4. The van der Waals surface area contributed by atoms with Crippen LogP contribution in [0.5, 0.6) is 0 Å². The standard InChI is InChI=1S/C23H25FN4O3/c1-26-14-17-3-2-15(13-20(17)25-26)18-5-4-16(12-19(18)24)21(29)27-8-10-28(11-9-27)22(30)23(31)6-7-23/h2-5,12-13,25,31H,6-11,14H2,1H3. The average molecular weight is 424 g/mol. The van der Waals surface area contributed by atoms with E-state index in [1.807, 2.05) is 30.3 Å². The molecule has 2 heterocycles. The van der Waals surface area contributed by atoms with Crippen LogP contribution in [0.2, 0.25) is 0 Å². The van der Waals surface area contributed by atoms with Gasteiger partial charge in [0.05, 0.1) is 5.69 Å². The van der Waals surface area contributed by atoms with Crippen LogP contribution >= 0.6 is 0 Å². The molecule has 2 aromatic carbocycles. The zero-order chi connectivity index (χ0) is 21.8. The smallest absolute Gasteiger partial charge is 0.254 e. The highest BCUT2D eigenvalue weighted by Crippen LogP contribution is 2.37. The van der Waals surface area contributed by atoms with Crippen LogP contribution in [0.3, 0.4) is 0 Å². The Labute approximate surface area is 180 Å². The number of hydrogen-bond donors (Lipinski definition) is 2. The van der Waals surface area contributed by atoms with E-state index in [1.165, 1.54) is 6.07 Å². The topological polar surface area (TPSA) is 76.1 Å². The number of piperazine rings is 1. The molecule has 2 aromatic rings. The Hall–Kier alpha value is -2.97.